The maximum Gasteiger partial charge on any atom is 0.242 e. The summed E-state index contributed by atoms with van der Waals surface area (Å²) in [4.78, 5) is 2.52. The number of likely N-dealkylation sites (tertiary alicyclic amines) is 1. The van der Waals surface area contributed by atoms with E-state index in [1.165, 1.54) is 28.6 Å². The van der Waals surface area contributed by atoms with Crippen LogP contribution in [-0.2, 0) is 10.0 Å². The van der Waals surface area contributed by atoms with Crippen molar-refractivity contribution in [2.45, 2.75) is 17.7 Å². The smallest absolute Gasteiger partial charge is 0.242 e. The fourth-order valence-electron chi connectivity index (χ4n) is 2.59. The Labute approximate surface area is 126 Å². The molecule has 114 valence electrons. The van der Waals surface area contributed by atoms with Crippen LogP contribution in [0.4, 0.5) is 0 Å². The van der Waals surface area contributed by atoms with Crippen molar-refractivity contribution in [2.24, 2.45) is 5.92 Å². The molecule has 0 N–H and O–H groups in total. The molecule has 0 saturated carbocycles. The second-order valence-corrected chi connectivity index (χ2v) is 7.71. The van der Waals surface area contributed by atoms with Crippen molar-refractivity contribution in [1.82, 2.24) is 9.21 Å². The van der Waals surface area contributed by atoms with Gasteiger partial charge in [-0.05, 0) is 63.2 Å². The minimum Gasteiger partial charge on any atom is -0.306 e. The van der Waals surface area contributed by atoms with E-state index >= 15 is 0 Å². The molecular formula is C15H21N3O2S. The highest BCUT2D eigenvalue weighted by Gasteiger charge is 2.25. The summed E-state index contributed by atoms with van der Waals surface area (Å²) in [7, 11) is 0.255. The van der Waals surface area contributed by atoms with Gasteiger partial charge in [-0.2, -0.15) is 5.26 Å². The standard InChI is InChI=1S/C15H21N3O2S/c1-17-9-7-14(8-10-17)12-18(2)21(19,20)15-5-3-13(11-16)4-6-15/h3-6,14H,7-10,12H2,1-2H3. The zero-order valence-electron chi connectivity index (χ0n) is 12.5. The lowest BCUT2D eigenvalue weighted by molar-refractivity contribution is 0.202. The van der Waals surface area contributed by atoms with Crippen LogP contribution < -0.4 is 0 Å². The molecule has 1 heterocycles. The van der Waals surface area contributed by atoms with Gasteiger partial charge >= 0.3 is 0 Å². The van der Waals surface area contributed by atoms with Crippen molar-refractivity contribution in [2.75, 3.05) is 33.7 Å². The van der Waals surface area contributed by atoms with Gasteiger partial charge in [-0.3, -0.25) is 0 Å². The van der Waals surface area contributed by atoms with Gasteiger partial charge in [0.2, 0.25) is 10.0 Å². The van der Waals surface area contributed by atoms with Gasteiger partial charge in [-0.1, -0.05) is 0 Å². The number of benzene rings is 1. The fraction of sp³-hybridized carbons (Fsp3) is 0.533. The summed E-state index contributed by atoms with van der Waals surface area (Å²) in [6.07, 6.45) is 2.06. The predicted octanol–water partition coefficient (Wildman–Crippen LogP) is 1.52. The number of nitriles is 1. The van der Waals surface area contributed by atoms with Crippen molar-refractivity contribution in [3.63, 3.8) is 0 Å². The SMILES string of the molecule is CN1CCC(CN(C)S(=O)(=O)c2ccc(C#N)cc2)CC1. The van der Waals surface area contributed by atoms with Crippen LogP contribution in [0.3, 0.4) is 0 Å². The molecule has 1 aliphatic rings. The van der Waals surface area contributed by atoms with Gasteiger partial charge in [0, 0.05) is 13.6 Å². The topological polar surface area (TPSA) is 64.4 Å². The molecule has 0 aromatic heterocycles. The Morgan fingerprint density at radius 1 is 1.29 bits per heavy atom. The largest absolute Gasteiger partial charge is 0.306 e. The summed E-state index contributed by atoms with van der Waals surface area (Å²) in [6, 6.07) is 8.07. The lowest BCUT2D eigenvalue weighted by Crippen LogP contribution is -2.37. The van der Waals surface area contributed by atoms with Gasteiger partial charge in [0.1, 0.15) is 0 Å². The number of sulfonamides is 1. The Bertz CT molecular complexity index is 611. The van der Waals surface area contributed by atoms with E-state index in [-0.39, 0.29) is 4.90 Å². The minimum atomic E-state index is -3.47. The quantitative estimate of drug-likeness (QED) is 0.846. The van der Waals surface area contributed by atoms with Crippen LogP contribution in [0.5, 0.6) is 0 Å². The van der Waals surface area contributed by atoms with Gasteiger partial charge < -0.3 is 4.90 Å². The highest BCUT2D eigenvalue weighted by molar-refractivity contribution is 7.89. The van der Waals surface area contributed by atoms with Crippen molar-refractivity contribution < 1.29 is 8.42 Å². The number of nitrogens with zero attached hydrogens (tertiary/aromatic N) is 3. The first-order valence-corrected chi connectivity index (χ1v) is 8.52. The van der Waals surface area contributed by atoms with E-state index in [1.807, 2.05) is 6.07 Å². The first-order chi connectivity index (χ1) is 9.93. The Morgan fingerprint density at radius 3 is 2.38 bits per heavy atom. The van der Waals surface area contributed by atoms with Crippen molar-refractivity contribution >= 4 is 10.0 Å². The summed E-state index contributed by atoms with van der Waals surface area (Å²) in [5, 5.41) is 8.76. The van der Waals surface area contributed by atoms with E-state index in [1.54, 1.807) is 7.05 Å². The van der Waals surface area contributed by atoms with Crippen molar-refractivity contribution in [1.29, 1.82) is 5.26 Å². The Morgan fingerprint density at radius 2 is 1.86 bits per heavy atom. The highest BCUT2D eigenvalue weighted by atomic mass is 32.2. The number of piperidine rings is 1. The van der Waals surface area contributed by atoms with Gasteiger partial charge in [0.25, 0.3) is 0 Å². The van der Waals surface area contributed by atoms with E-state index < -0.39 is 10.0 Å². The molecule has 0 atom stereocenters. The van der Waals surface area contributed by atoms with E-state index in [0.717, 1.165) is 25.9 Å². The summed E-state index contributed by atoms with van der Waals surface area (Å²) >= 11 is 0. The number of hydrogen-bond acceptors (Lipinski definition) is 4. The number of rotatable bonds is 4. The van der Waals surface area contributed by atoms with Gasteiger partial charge in [-0.25, -0.2) is 12.7 Å². The molecular weight excluding hydrogens is 286 g/mol. The number of hydrogen-bond donors (Lipinski definition) is 0. The summed E-state index contributed by atoms with van der Waals surface area (Å²) in [5.41, 5.74) is 0.465. The molecule has 6 heteroatoms. The van der Waals surface area contributed by atoms with Crippen LogP contribution in [0.25, 0.3) is 0 Å². The second-order valence-electron chi connectivity index (χ2n) is 5.67. The van der Waals surface area contributed by atoms with Gasteiger partial charge in [0.15, 0.2) is 0 Å². The van der Waals surface area contributed by atoms with E-state index in [2.05, 4.69) is 11.9 Å². The third kappa shape index (κ3) is 3.82. The van der Waals surface area contributed by atoms with Gasteiger partial charge in [-0.15, -0.1) is 0 Å². The average molecular weight is 307 g/mol. The molecule has 0 amide bonds. The van der Waals surface area contributed by atoms with E-state index in [4.69, 9.17) is 5.26 Å². The zero-order chi connectivity index (χ0) is 15.5. The van der Waals surface area contributed by atoms with Crippen molar-refractivity contribution in [3.05, 3.63) is 29.8 Å². The first kappa shape index (κ1) is 16.0. The maximum absolute atomic E-state index is 12.5. The molecule has 0 bridgehead atoms. The molecule has 1 saturated heterocycles. The first-order valence-electron chi connectivity index (χ1n) is 7.08. The molecule has 1 aliphatic heterocycles. The molecule has 2 rings (SSSR count). The second kappa shape index (κ2) is 6.56. The van der Waals surface area contributed by atoms with Crippen molar-refractivity contribution in [3.8, 4) is 6.07 Å². The predicted molar refractivity (Wildman–Crippen MR) is 81.2 cm³/mol. The third-order valence-corrected chi connectivity index (χ3v) is 5.88. The normalized spacial score (nSPS) is 17.8. The molecule has 0 spiro atoms. The maximum atomic E-state index is 12.5. The molecule has 1 aromatic rings. The molecule has 21 heavy (non-hydrogen) atoms. The summed E-state index contributed by atoms with van der Waals surface area (Å²) in [5.74, 6) is 0.416. The monoisotopic (exact) mass is 307 g/mol. The molecule has 5 nitrogen and oxygen atoms in total. The van der Waals surface area contributed by atoms with Crippen LogP contribution >= 0.6 is 0 Å². The van der Waals surface area contributed by atoms with Crippen LogP contribution in [0.15, 0.2) is 29.2 Å². The van der Waals surface area contributed by atoms with Crippen LogP contribution in [0.1, 0.15) is 18.4 Å². The summed E-state index contributed by atoms with van der Waals surface area (Å²) in [6.45, 7) is 2.60. The molecule has 1 fully saturated rings. The highest BCUT2D eigenvalue weighted by Crippen LogP contribution is 2.21. The molecule has 0 radical (unpaired) electrons. The fourth-order valence-corrected chi connectivity index (χ4v) is 3.83. The molecule has 1 aromatic carbocycles. The molecule has 0 unspecified atom stereocenters. The van der Waals surface area contributed by atoms with Crippen LogP contribution in [0, 0.1) is 17.2 Å². The third-order valence-electron chi connectivity index (χ3n) is 4.05. The minimum absolute atomic E-state index is 0.247. The van der Waals surface area contributed by atoms with E-state index in [9.17, 15) is 8.42 Å². The lowest BCUT2D eigenvalue weighted by Gasteiger charge is -2.31. The Balaban J connectivity index is 2.06. The van der Waals surface area contributed by atoms with E-state index in [0.29, 0.717) is 18.0 Å². The Hall–Kier alpha value is -1.42. The lowest BCUT2D eigenvalue weighted by atomic mass is 9.97. The molecule has 0 aliphatic carbocycles. The van der Waals surface area contributed by atoms with Crippen LogP contribution in [0.2, 0.25) is 0 Å². The summed E-state index contributed by atoms with van der Waals surface area (Å²) < 4.78 is 26.4. The Kier molecular flexibility index (Phi) is 4.99. The average Bonchev–Trinajstić information content (AvgIpc) is 2.49. The zero-order valence-corrected chi connectivity index (χ0v) is 13.3. The van der Waals surface area contributed by atoms with Gasteiger partial charge in [0.05, 0.1) is 16.5 Å². The van der Waals surface area contributed by atoms with Crippen LogP contribution in [-0.4, -0.2) is 51.4 Å².